The molecule has 2 fully saturated rings. The van der Waals surface area contributed by atoms with E-state index in [1.807, 2.05) is 0 Å². The van der Waals surface area contributed by atoms with E-state index in [9.17, 15) is 13.2 Å². The molecular formula is C15H21N3O3S. The van der Waals surface area contributed by atoms with Crippen LogP contribution in [0.4, 0.5) is 5.69 Å². The van der Waals surface area contributed by atoms with Gasteiger partial charge in [0.25, 0.3) is 0 Å². The van der Waals surface area contributed by atoms with Crippen molar-refractivity contribution in [1.82, 2.24) is 10.0 Å². The van der Waals surface area contributed by atoms with Crippen LogP contribution in [0.25, 0.3) is 0 Å². The molecule has 0 bridgehead atoms. The highest BCUT2D eigenvalue weighted by atomic mass is 32.2. The number of rotatable bonds is 5. The maximum Gasteiger partial charge on any atom is 0.241 e. The van der Waals surface area contributed by atoms with Crippen molar-refractivity contribution >= 4 is 21.6 Å². The maximum absolute atomic E-state index is 12.4. The second-order valence-electron chi connectivity index (χ2n) is 6.01. The average Bonchev–Trinajstić information content (AvgIpc) is 3.09. The van der Waals surface area contributed by atoms with Crippen LogP contribution in [0, 0.1) is 6.92 Å². The third-order valence-electron chi connectivity index (χ3n) is 4.02. The van der Waals surface area contributed by atoms with Crippen molar-refractivity contribution in [3.63, 3.8) is 0 Å². The Balaban J connectivity index is 1.78. The molecule has 1 unspecified atom stereocenters. The first-order valence-electron chi connectivity index (χ1n) is 7.63. The summed E-state index contributed by atoms with van der Waals surface area (Å²) in [6.45, 7) is 2.60. The van der Waals surface area contributed by atoms with Crippen molar-refractivity contribution in [2.45, 2.75) is 49.6 Å². The van der Waals surface area contributed by atoms with E-state index in [0.717, 1.165) is 32.2 Å². The fourth-order valence-electron chi connectivity index (χ4n) is 2.59. The van der Waals surface area contributed by atoms with Gasteiger partial charge in [-0.3, -0.25) is 4.79 Å². The predicted molar refractivity (Wildman–Crippen MR) is 84.2 cm³/mol. The smallest absolute Gasteiger partial charge is 0.241 e. The quantitative estimate of drug-likeness (QED) is 0.758. The van der Waals surface area contributed by atoms with Gasteiger partial charge in [0.1, 0.15) is 0 Å². The Morgan fingerprint density at radius 2 is 2.05 bits per heavy atom. The minimum Gasteiger partial charge on any atom is -0.325 e. The van der Waals surface area contributed by atoms with Crippen molar-refractivity contribution in [2.24, 2.45) is 0 Å². The molecule has 3 N–H and O–H groups in total. The molecule has 3 rings (SSSR count). The molecule has 1 aliphatic heterocycles. The number of hydrogen-bond acceptors (Lipinski definition) is 4. The molecule has 2 aliphatic rings. The third-order valence-corrected chi connectivity index (χ3v) is 5.68. The summed E-state index contributed by atoms with van der Waals surface area (Å²) in [4.78, 5) is 12.3. The van der Waals surface area contributed by atoms with Crippen LogP contribution in [-0.2, 0) is 14.8 Å². The predicted octanol–water partition coefficient (Wildman–Crippen LogP) is 1.13. The number of hydrogen-bond donors (Lipinski definition) is 3. The number of benzene rings is 1. The number of anilines is 1. The fraction of sp³-hybridized carbons (Fsp3) is 0.533. The Bertz CT molecular complexity index is 677. The van der Waals surface area contributed by atoms with Gasteiger partial charge >= 0.3 is 0 Å². The summed E-state index contributed by atoms with van der Waals surface area (Å²) in [6, 6.07) is 4.86. The molecule has 1 aliphatic carbocycles. The zero-order valence-electron chi connectivity index (χ0n) is 12.6. The van der Waals surface area contributed by atoms with Gasteiger partial charge in [-0.25, -0.2) is 13.1 Å². The molecule has 1 aromatic carbocycles. The molecule has 1 aromatic rings. The van der Waals surface area contributed by atoms with Crippen LogP contribution < -0.4 is 15.4 Å². The lowest BCUT2D eigenvalue weighted by Gasteiger charge is -2.14. The number of nitrogens with one attached hydrogen (secondary N) is 3. The van der Waals surface area contributed by atoms with Crippen LogP contribution in [0.1, 0.15) is 31.2 Å². The van der Waals surface area contributed by atoms with Crippen LogP contribution in [0.5, 0.6) is 0 Å². The lowest BCUT2D eigenvalue weighted by molar-refractivity contribution is -0.117. The van der Waals surface area contributed by atoms with Crippen LogP contribution in [0.2, 0.25) is 0 Å². The normalized spacial score (nSPS) is 21.8. The van der Waals surface area contributed by atoms with E-state index in [2.05, 4.69) is 15.4 Å². The maximum atomic E-state index is 12.4. The molecule has 1 heterocycles. The molecule has 1 saturated heterocycles. The molecule has 22 heavy (non-hydrogen) atoms. The van der Waals surface area contributed by atoms with E-state index in [0.29, 0.717) is 11.3 Å². The van der Waals surface area contributed by atoms with E-state index in [4.69, 9.17) is 0 Å². The molecule has 1 atom stereocenters. The molecule has 0 radical (unpaired) electrons. The van der Waals surface area contributed by atoms with E-state index in [1.54, 1.807) is 19.1 Å². The van der Waals surface area contributed by atoms with Gasteiger partial charge in [0, 0.05) is 11.7 Å². The first-order chi connectivity index (χ1) is 10.5. The SMILES string of the molecule is Cc1ccc(NC(=O)C2CCCN2)cc1S(=O)(=O)NC1CC1. The second kappa shape index (κ2) is 5.98. The first-order valence-corrected chi connectivity index (χ1v) is 9.11. The Kier molecular flexibility index (Phi) is 4.20. The van der Waals surface area contributed by atoms with Crippen molar-refractivity contribution in [3.8, 4) is 0 Å². The van der Waals surface area contributed by atoms with Crippen LogP contribution >= 0.6 is 0 Å². The Morgan fingerprint density at radius 1 is 1.27 bits per heavy atom. The zero-order valence-corrected chi connectivity index (χ0v) is 13.4. The van der Waals surface area contributed by atoms with Gasteiger partial charge in [0.2, 0.25) is 15.9 Å². The lowest BCUT2D eigenvalue weighted by atomic mass is 10.2. The van der Waals surface area contributed by atoms with E-state index < -0.39 is 10.0 Å². The van der Waals surface area contributed by atoms with Crippen molar-refractivity contribution in [2.75, 3.05) is 11.9 Å². The van der Waals surface area contributed by atoms with Gasteiger partial charge in [0.05, 0.1) is 10.9 Å². The third kappa shape index (κ3) is 3.48. The molecule has 0 aromatic heterocycles. The molecule has 7 heteroatoms. The minimum atomic E-state index is -3.52. The fourth-order valence-corrected chi connectivity index (χ4v) is 4.16. The number of sulfonamides is 1. The van der Waals surface area contributed by atoms with E-state index in [-0.39, 0.29) is 22.9 Å². The second-order valence-corrected chi connectivity index (χ2v) is 7.70. The van der Waals surface area contributed by atoms with Crippen molar-refractivity contribution in [3.05, 3.63) is 23.8 Å². The van der Waals surface area contributed by atoms with Crippen molar-refractivity contribution < 1.29 is 13.2 Å². The van der Waals surface area contributed by atoms with Crippen LogP contribution in [0.3, 0.4) is 0 Å². The van der Waals surface area contributed by atoms with Gasteiger partial charge in [-0.2, -0.15) is 0 Å². The Labute approximate surface area is 130 Å². The van der Waals surface area contributed by atoms with E-state index in [1.165, 1.54) is 6.07 Å². The molecule has 120 valence electrons. The Hall–Kier alpha value is -1.44. The number of carbonyl (C=O) groups excluding carboxylic acids is 1. The number of aryl methyl sites for hydroxylation is 1. The molecule has 1 saturated carbocycles. The van der Waals surface area contributed by atoms with Gasteiger partial charge in [0.15, 0.2) is 0 Å². The van der Waals surface area contributed by atoms with Gasteiger partial charge in [-0.05, 0) is 56.8 Å². The lowest BCUT2D eigenvalue weighted by Crippen LogP contribution is -2.35. The van der Waals surface area contributed by atoms with E-state index >= 15 is 0 Å². The zero-order chi connectivity index (χ0) is 15.7. The van der Waals surface area contributed by atoms with Crippen LogP contribution in [0.15, 0.2) is 23.1 Å². The summed E-state index contributed by atoms with van der Waals surface area (Å²) in [5.74, 6) is -0.111. The number of amides is 1. The van der Waals surface area contributed by atoms with Gasteiger partial charge in [-0.1, -0.05) is 6.07 Å². The highest BCUT2D eigenvalue weighted by molar-refractivity contribution is 7.89. The number of carbonyl (C=O) groups is 1. The van der Waals surface area contributed by atoms with Crippen LogP contribution in [-0.4, -0.2) is 33.0 Å². The molecular weight excluding hydrogens is 302 g/mol. The summed E-state index contributed by atoms with van der Waals surface area (Å²) in [5, 5.41) is 5.92. The van der Waals surface area contributed by atoms with Gasteiger partial charge < -0.3 is 10.6 Å². The minimum absolute atomic E-state index is 0.0605. The average molecular weight is 323 g/mol. The summed E-state index contributed by atoms with van der Waals surface area (Å²) < 4.78 is 27.4. The topological polar surface area (TPSA) is 87.3 Å². The summed E-state index contributed by atoms with van der Waals surface area (Å²) >= 11 is 0. The summed E-state index contributed by atoms with van der Waals surface area (Å²) in [5.41, 5.74) is 1.19. The molecule has 1 amide bonds. The summed E-state index contributed by atoms with van der Waals surface area (Å²) in [6.07, 6.45) is 3.58. The first kappa shape index (κ1) is 15.5. The standard InChI is InChI=1S/C15H21N3O3S/c1-10-4-5-12(17-15(19)13-3-2-8-16-13)9-14(10)22(20,21)18-11-6-7-11/h4-5,9,11,13,16,18H,2-3,6-8H2,1H3,(H,17,19). The largest absolute Gasteiger partial charge is 0.325 e. The highest BCUT2D eigenvalue weighted by Crippen LogP contribution is 2.25. The van der Waals surface area contributed by atoms with Crippen molar-refractivity contribution in [1.29, 1.82) is 0 Å². The summed E-state index contributed by atoms with van der Waals surface area (Å²) in [7, 11) is -3.52. The molecule has 6 nitrogen and oxygen atoms in total. The van der Waals surface area contributed by atoms with Gasteiger partial charge in [-0.15, -0.1) is 0 Å². The molecule has 0 spiro atoms. The monoisotopic (exact) mass is 323 g/mol. The highest BCUT2D eigenvalue weighted by Gasteiger charge is 2.29. The Morgan fingerprint density at radius 3 is 2.68 bits per heavy atom.